The number of thioether (sulfide) groups is 1. The van der Waals surface area contributed by atoms with Gasteiger partial charge >= 0.3 is 0 Å². The smallest absolute Gasteiger partial charge is 0.0406 e. The summed E-state index contributed by atoms with van der Waals surface area (Å²) in [5.74, 6) is 1.06. The van der Waals surface area contributed by atoms with Gasteiger partial charge in [0.05, 0.1) is 0 Å². The van der Waals surface area contributed by atoms with Gasteiger partial charge in [0.15, 0.2) is 0 Å². The zero-order valence-electron chi connectivity index (χ0n) is 10.3. The second kappa shape index (κ2) is 8.62. The Kier molecular flexibility index (Phi) is 7.41. The molecule has 0 fully saturated rings. The second-order valence-electron chi connectivity index (χ2n) is 3.94. The van der Waals surface area contributed by atoms with E-state index < -0.39 is 0 Å². The number of benzene rings is 1. The van der Waals surface area contributed by atoms with Crippen molar-refractivity contribution in [1.29, 1.82) is 0 Å². The third kappa shape index (κ3) is 6.16. The number of rotatable bonds is 8. The molecule has 0 radical (unpaired) electrons. The molecular weight excluding hydrogens is 250 g/mol. The lowest BCUT2D eigenvalue weighted by Crippen LogP contribution is -2.31. The van der Waals surface area contributed by atoms with Crippen LogP contribution in [0.3, 0.4) is 0 Å². The molecule has 0 heterocycles. The van der Waals surface area contributed by atoms with Crippen LogP contribution in [0.25, 0.3) is 0 Å². The van der Waals surface area contributed by atoms with E-state index in [9.17, 15) is 0 Å². The van der Waals surface area contributed by atoms with Crippen molar-refractivity contribution in [2.75, 3.05) is 12.3 Å². The summed E-state index contributed by atoms with van der Waals surface area (Å²) in [7, 11) is 0. The molecule has 0 aliphatic rings. The van der Waals surface area contributed by atoms with Crippen molar-refractivity contribution in [3.05, 3.63) is 41.9 Å². The predicted molar refractivity (Wildman–Crippen MR) is 79.1 cm³/mol. The fourth-order valence-corrected chi connectivity index (χ4v) is 2.59. The fraction of sp³-hybridized carbons (Fsp3) is 0.429. The molecule has 0 aliphatic carbocycles. The maximum Gasteiger partial charge on any atom is 0.0406 e. The van der Waals surface area contributed by atoms with Gasteiger partial charge in [-0.25, -0.2) is 0 Å². The van der Waals surface area contributed by atoms with Gasteiger partial charge in [-0.2, -0.15) is 0 Å². The molecule has 0 aromatic heterocycles. The Morgan fingerprint density at radius 3 is 2.71 bits per heavy atom. The molecule has 1 unspecified atom stereocenters. The molecule has 1 nitrogen and oxygen atoms in total. The molecule has 3 heteroatoms. The highest BCUT2D eigenvalue weighted by Gasteiger charge is 2.06. The Morgan fingerprint density at radius 2 is 2.12 bits per heavy atom. The van der Waals surface area contributed by atoms with E-state index in [1.165, 1.54) is 11.3 Å². The SMILES string of the molecule is C=CCC(CSc1ccc(Cl)cc1)NCCC. The van der Waals surface area contributed by atoms with Crippen molar-refractivity contribution < 1.29 is 0 Å². The van der Waals surface area contributed by atoms with Crippen molar-refractivity contribution in [3.63, 3.8) is 0 Å². The molecule has 1 aromatic carbocycles. The molecule has 1 N–H and O–H groups in total. The molecule has 0 saturated carbocycles. The van der Waals surface area contributed by atoms with Gasteiger partial charge < -0.3 is 5.32 Å². The Hall–Kier alpha value is -0.440. The van der Waals surface area contributed by atoms with Crippen LogP contribution in [0.2, 0.25) is 5.02 Å². The molecule has 0 aliphatic heterocycles. The molecular formula is C14H20ClNS. The molecule has 0 amide bonds. The van der Waals surface area contributed by atoms with Gasteiger partial charge in [0.2, 0.25) is 0 Å². The van der Waals surface area contributed by atoms with Gasteiger partial charge in [-0.15, -0.1) is 18.3 Å². The summed E-state index contributed by atoms with van der Waals surface area (Å²) in [4.78, 5) is 1.27. The van der Waals surface area contributed by atoms with Gasteiger partial charge in [0.1, 0.15) is 0 Å². The molecule has 0 spiro atoms. The lowest BCUT2D eigenvalue weighted by molar-refractivity contribution is 0.558. The van der Waals surface area contributed by atoms with E-state index in [1.807, 2.05) is 30.0 Å². The highest BCUT2D eigenvalue weighted by atomic mass is 35.5. The summed E-state index contributed by atoms with van der Waals surface area (Å²) in [5, 5.41) is 4.33. The number of halogens is 1. The lowest BCUT2D eigenvalue weighted by Gasteiger charge is -2.16. The Bertz CT molecular complexity index is 323. The third-order valence-corrected chi connectivity index (χ3v) is 3.83. The van der Waals surface area contributed by atoms with Crippen LogP contribution in [0.4, 0.5) is 0 Å². The van der Waals surface area contributed by atoms with Crippen LogP contribution in [0.15, 0.2) is 41.8 Å². The Balaban J connectivity index is 2.39. The van der Waals surface area contributed by atoms with Gasteiger partial charge in [0.25, 0.3) is 0 Å². The molecule has 94 valence electrons. The quantitative estimate of drug-likeness (QED) is 0.555. The van der Waals surface area contributed by atoms with Crippen molar-refractivity contribution in [2.24, 2.45) is 0 Å². The average Bonchev–Trinajstić information content (AvgIpc) is 2.35. The lowest BCUT2D eigenvalue weighted by atomic mass is 10.2. The van der Waals surface area contributed by atoms with Crippen molar-refractivity contribution in [2.45, 2.75) is 30.7 Å². The molecule has 1 rings (SSSR count). The van der Waals surface area contributed by atoms with E-state index in [1.54, 1.807) is 0 Å². The van der Waals surface area contributed by atoms with E-state index >= 15 is 0 Å². The standard InChI is InChI=1S/C14H20ClNS/c1-3-5-13(16-10-4-2)11-17-14-8-6-12(15)7-9-14/h3,6-9,13,16H,1,4-5,10-11H2,2H3. The summed E-state index contributed by atoms with van der Waals surface area (Å²) in [6.45, 7) is 7.06. The van der Waals surface area contributed by atoms with Gasteiger partial charge in [-0.05, 0) is 43.7 Å². The van der Waals surface area contributed by atoms with E-state index in [2.05, 4.69) is 31.0 Å². The summed E-state index contributed by atoms with van der Waals surface area (Å²) < 4.78 is 0. The molecule has 17 heavy (non-hydrogen) atoms. The minimum atomic E-state index is 0.508. The zero-order valence-corrected chi connectivity index (χ0v) is 11.9. The normalized spacial score (nSPS) is 12.4. The summed E-state index contributed by atoms with van der Waals surface area (Å²) in [6.07, 6.45) is 4.16. The maximum atomic E-state index is 5.86. The van der Waals surface area contributed by atoms with Gasteiger partial charge in [-0.1, -0.05) is 24.6 Å². The summed E-state index contributed by atoms with van der Waals surface area (Å²) in [6, 6.07) is 8.51. The van der Waals surface area contributed by atoms with Gasteiger partial charge in [0, 0.05) is 21.7 Å². The van der Waals surface area contributed by atoms with Crippen molar-refractivity contribution >= 4 is 23.4 Å². The van der Waals surface area contributed by atoms with Crippen LogP contribution < -0.4 is 5.32 Å². The number of hydrogen-bond donors (Lipinski definition) is 1. The Labute approximate surface area is 114 Å². The summed E-state index contributed by atoms with van der Waals surface area (Å²) in [5.41, 5.74) is 0. The number of hydrogen-bond acceptors (Lipinski definition) is 2. The van der Waals surface area contributed by atoms with Crippen LogP contribution in [-0.2, 0) is 0 Å². The minimum Gasteiger partial charge on any atom is -0.313 e. The monoisotopic (exact) mass is 269 g/mol. The minimum absolute atomic E-state index is 0.508. The largest absolute Gasteiger partial charge is 0.313 e. The second-order valence-corrected chi connectivity index (χ2v) is 5.47. The van der Waals surface area contributed by atoms with E-state index in [0.717, 1.165) is 23.7 Å². The van der Waals surface area contributed by atoms with Crippen LogP contribution >= 0.6 is 23.4 Å². The van der Waals surface area contributed by atoms with Crippen molar-refractivity contribution in [3.8, 4) is 0 Å². The Morgan fingerprint density at radius 1 is 1.41 bits per heavy atom. The van der Waals surface area contributed by atoms with Crippen LogP contribution in [0.5, 0.6) is 0 Å². The van der Waals surface area contributed by atoms with E-state index in [-0.39, 0.29) is 0 Å². The van der Waals surface area contributed by atoms with Crippen LogP contribution in [-0.4, -0.2) is 18.3 Å². The molecule has 0 saturated heterocycles. The third-order valence-electron chi connectivity index (χ3n) is 2.40. The number of nitrogens with one attached hydrogen (secondary N) is 1. The topological polar surface area (TPSA) is 12.0 Å². The van der Waals surface area contributed by atoms with E-state index in [4.69, 9.17) is 11.6 Å². The predicted octanol–water partition coefficient (Wildman–Crippen LogP) is 4.38. The first kappa shape index (κ1) is 14.6. The van der Waals surface area contributed by atoms with Crippen molar-refractivity contribution in [1.82, 2.24) is 5.32 Å². The highest BCUT2D eigenvalue weighted by Crippen LogP contribution is 2.21. The average molecular weight is 270 g/mol. The summed E-state index contributed by atoms with van der Waals surface area (Å²) >= 11 is 7.72. The van der Waals surface area contributed by atoms with Crippen LogP contribution in [0, 0.1) is 0 Å². The molecule has 1 atom stereocenters. The first-order valence-electron chi connectivity index (χ1n) is 5.99. The van der Waals surface area contributed by atoms with Gasteiger partial charge in [-0.3, -0.25) is 0 Å². The van der Waals surface area contributed by atoms with Crippen LogP contribution in [0.1, 0.15) is 19.8 Å². The maximum absolute atomic E-state index is 5.86. The first-order chi connectivity index (χ1) is 8.26. The zero-order chi connectivity index (χ0) is 12.5. The first-order valence-corrected chi connectivity index (χ1v) is 7.35. The van der Waals surface area contributed by atoms with E-state index in [0.29, 0.717) is 6.04 Å². The molecule has 1 aromatic rings. The molecule has 0 bridgehead atoms. The fourth-order valence-electron chi connectivity index (χ4n) is 1.49. The highest BCUT2D eigenvalue weighted by molar-refractivity contribution is 7.99.